The third-order valence-electron chi connectivity index (χ3n) is 5.10. The fourth-order valence-electron chi connectivity index (χ4n) is 3.35. The summed E-state index contributed by atoms with van der Waals surface area (Å²) in [5, 5.41) is 9.28. The number of hydrogen-bond donors (Lipinski definition) is 2. The number of benzene rings is 1. The minimum absolute atomic E-state index is 0.0494. The molecule has 152 valence electrons. The zero-order valence-electron chi connectivity index (χ0n) is 17.1. The topological polar surface area (TPSA) is 60.5 Å². The van der Waals surface area contributed by atoms with Crippen molar-refractivity contribution in [3.63, 3.8) is 0 Å². The molecule has 3 rings (SSSR count). The van der Waals surface area contributed by atoms with Crippen LogP contribution in [-0.2, 0) is 11.2 Å². The zero-order valence-corrected chi connectivity index (χ0v) is 17.9. The Kier molecular flexibility index (Phi) is 7.42. The van der Waals surface area contributed by atoms with Crippen LogP contribution in [0.4, 0.5) is 10.8 Å². The van der Waals surface area contributed by atoms with Crippen molar-refractivity contribution in [2.75, 3.05) is 45.1 Å². The maximum absolute atomic E-state index is 12.5. The second kappa shape index (κ2) is 10.0. The second-order valence-corrected chi connectivity index (χ2v) is 8.45. The normalized spacial score (nSPS) is 16.7. The highest BCUT2D eigenvalue weighted by molar-refractivity contribution is 7.13. The van der Waals surface area contributed by atoms with E-state index >= 15 is 0 Å². The number of hydrogen-bond acceptors (Lipinski definition) is 6. The summed E-state index contributed by atoms with van der Waals surface area (Å²) in [5.74, 6) is 0.0494. The highest BCUT2D eigenvalue weighted by Crippen LogP contribution is 2.21. The third kappa shape index (κ3) is 6.29. The average molecular weight is 402 g/mol. The number of rotatable bonds is 8. The Hall–Kier alpha value is -1.96. The average Bonchev–Trinajstić information content (AvgIpc) is 3.09. The first-order valence-corrected chi connectivity index (χ1v) is 10.9. The lowest BCUT2D eigenvalue weighted by molar-refractivity contribution is -0.121. The van der Waals surface area contributed by atoms with Gasteiger partial charge in [-0.05, 0) is 38.1 Å². The maximum Gasteiger partial charge on any atom is 0.226 e. The summed E-state index contributed by atoms with van der Waals surface area (Å²) in [6.45, 7) is 9.46. The molecule has 1 aliphatic rings. The molecule has 1 fully saturated rings. The van der Waals surface area contributed by atoms with E-state index in [-0.39, 0.29) is 11.9 Å². The summed E-state index contributed by atoms with van der Waals surface area (Å²) in [7, 11) is 2.16. The van der Waals surface area contributed by atoms with E-state index in [1.54, 1.807) is 0 Å². The van der Waals surface area contributed by atoms with Crippen molar-refractivity contribution in [3.8, 4) is 0 Å². The fourth-order valence-corrected chi connectivity index (χ4v) is 4.08. The molecule has 0 radical (unpaired) electrons. The molecule has 0 bridgehead atoms. The Labute approximate surface area is 172 Å². The molecule has 6 nitrogen and oxygen atoms in total. The highest BCUT2D eigenvalue weighted by Gasteiger charge is 2.19. The quantitative estimate of drug-likeness (QED) is 0.712. The molecule has 1 aromatic carbocycles. The van der Waals surface area contributed by atoms with E-state index in [0.29, 0.717) is 6.42 Å². The number of nitrogens with one attached hydrogen (secondary N) is 2. The van der Waals surface area contributed by atoms with Gasteiger partial charge in [0.25, 0.3) is 0 Å². The minimum Gasteiger partial charge on any atom is -0.352 e. The molecule has 1 aliphatic heterocycles. The fraction of sp³-hybridized carbons (Fsp3) is 0.524. The van der Waals surface area contributed by atoms with E-state index in [1.807, 2.05) is 17.5 Å². The number of thiazole rings is 1. The molecule has 0 saturated carbocycles. The number of nitrogens with zero attached hydrogens (tertiary/aromatic N) is 3. The van der Waals surface area contributed by atoms with Crippen molar-refractivity contribution in [1.82, 2.24) is 20.1 Å². The van der Waals surface area contributed by atoms with Gasteiger partial charge in [0.05, 0.1) is 12.1 Å². The maximum atomic E-state index is 12.5. The summed E-state index contributed by atoms with van der Waals surface area (Å²) < 4.78 is 0. The van der Waals surface area contributed by atoms with Crippen molar-refractivity contribution < 1.29 is 4.79 Å². The lowest BCUT2D eigenvalue weighted by atomic mass is 10.2. The molecule has 1 saturated heterocycles. The van der Waals surface area contributed by atoms with E-state index in [2.05, 4.69) is 58.4 Å². The SMILES string of the molecule is CC[C@H](CN1CCN(C)CC1)NC(=O)Cc1csc(Nc2cccc(C)c2)n1. The summed E-state index contributed by atoms with van der Waals surface area (Å²) in [4.78, 5) is 21.9. The Morgan fingerprint density at radius 2 is 2.07 bits per heavy atom. The van der Waals surface area contributed by atoms with Gasteiger partial charge in [-0.2, -0.15) is 0 Å². The molecular formula is C21H31N5OS. The van der Waals surface area contributed by atoms with Crippen LogP contribution in [-0.4, -0.2) is 66.5 Å². The number of carbonyl (C=O) groups excluding carboxylic acids is 1. The Balaban J connectivity index is 1.48. The van der Waals surface area contributed by atoms with Gasteiger partial charge in [-0.3, -0.25) is 9.69 Å². The van der Waals surface area contributed by atoms with Crippen LogP contribution < -0.4 is 10.6 Å². The van der Waals surface area contributed by atoms with E-state index < -0.39 is 0 Å². The molecule has 1 atom stereocenters. The number of amides is 1. The first-order chi connectivity index (χ1) is 13.5. The highest BCUT2D eigenvalue weighted by atomic mass is 32.1. The largest absolute Gasteiger partial charge is 0.352 e. The number of likely N-dealkylation sites (N-methyl/N-ethyl adjacent to an activating group) is 1. The molecule has 7 heteroatoms. The summed E-state index contributed by atoms with van der Waals surface area (Å²) >= 11 is 1.53. The number of piperazine rings is 1. The molecule has 2 N–H and O–H groups in total. The molecule has 1 amide bonds. The lowest BCUT2D eigenvalue weighted by Crippen LogP contribution is -2.50. The summed E-state index contributed by atoms with van der Waals surface area (Å²) in [5.41, 5.74) is 3.03. The van der Waals surface area contributed by atoms with Crippen LogP contribution in [0.15, 0.2) is 29.6 Å². The van der Waals surface area contributed by atoms with Gasteiger partial charge in [-0.1, -0.05) is 19.1 Å². The van der Waals surface area contributed by atoms with Gasteiger partial charge in [0.1, 0.15) is 0 Å². The van der Waals surface area contributed by atoms with Gasteiger partial charge in [-0.25, -0.2) is 4.98 Å². The molecular weight excluding hydrogens is 370 g/mol. The van der Waals surface area contributed by atoms with Crippen LogP contribution in [0.25, 0.3) is 0 Å². The zero-order chi connectivity index (χ0) is 19.9. The van der Waals surface area contributed by atoms with Gasteiger partial charge in [-0.15, -0.1) is 11.3 Å². The number of anilines is 2. The molecule has 0 unspecified atom stereocenters. The van der Waals surface area contributed by atoms with Crippen LogP contribution in [0.5, 0.6) is 0 Å². The van der Waals surface area contributed by atoms with Gasteiger partial charge in [0.15, 0.2) is 5.13 Å². The Bertz CT molecular complexity index is 770. The van der Waals surface area contributed by atoms with E-state index in [9.17, 15) is 4.79 Å². The predicted octanol–water partition coefficient (Wildman–Crippen LogP) is 2.88. The molecule has 28 heavy (non-hydrogen) atoms. The molecule has 0 spiro atoms. The summed E-state index contributed by atoms with van der Waals surface area (Å²) in [6.07, 6.45) is 1.26. The Morgan fingerprint density at radius 3 is 2.79 bits per heavy atom. The molecule has 2 heterocycles. The van der Waals surface area contributed by atoms with Crippen LogP contribution in [0.3, 0.4) is 0 Å². The minimum atomic E-state index is 0.0494. The van der Waals surface area contributed by atoms with E-state index in [1.165, 1.54) is 16.9 Å². The standard InChI is InChI=1S/C21H31N5OS/c1-4-17(14-26-10-8-25(3)9-11-26)22-20(27)13-19-15-28-21(24-19)23-18-7-5-6-16(2)12-18/h5-7,12,15,17H,4,8-11,13-14H2,1-3H3,(H,22,27)(H,23,24)/t17-/m1/s1. The molecule has 0 aliphatic carbocycles. The first-order valence-electron chi connectivity index (χ1n) is 10.00. The van der Waals surface area contributed by atoms with Gasteiger partial charge >= 0.3 is 0 Å². The van der Waals surface area contributed by atoms with Gasteiger partial charge in [0, 0.05) is 49.8 Å². The monoisotopic (exact) mass is 401 g/mol. The Morgan fingerprint density at radius 1 is 1.29 bits per heavy atom. The van der Waals surface area contributed by atoms with Crippen molar-refractivity contribution in [2.45, 2.75) is 32.7 Å². The smallest absolute Gasteiger partial charge is 0.226 e. The number of aryl methyl sites for hydroxylation is 1. The third-order valence-corrected chi connectivity index (χ3v) is 5.90. The number of aromatic nitrogens is 1. The van der Waals surface area contributed by atoms with Crippen LogP contribution in [0, 0.1) is 6.92 Å². The van der Waals surface area contributed by atoms with Crippen LogP contribution in [0.1, 0.15) is 24.6 Å². The predicted molar refractivity (Wildman–Crippen MR) is 116 cm³/mol. The van der Waals surface area contributed by atoms with E-state index in [4.69, 9.17) is 0 Å². The van der Waals surface area contributed by atoms with Gasteiger partial charge < -0.3 is 15.5 Å². The van der Waals surface area contributed by atoms with Crippen LogP contribution >= 0.6 is 11.3 Å². The molecule has 2 aromatic rings. The summed E-state index contributed by atoms with van der Waals surface area (Å²) in [6, 6.07) is 8.38. The molecule has 1 aromatic heterocycles. The lowest BCUT2D eigenvalue weighted by Gasteiger charge is -2.34. The van der Waals surface area contributed by atoms with Crippen molar-refractivity contribution in [2.24, 2.45) is 0 Å². The number of carbonyl (C=O) groups is 1. The van der Waals surface area contributed by atoms with Gasteiger partial charge in [0.2, 0.25) is 5.91 Å². The first kappa shape index (κ1) is 20.8. The second-order valence-electron chi connectivity index (χ2n) is 7.59. The van der Waals surface area contributed by atoms with E-state index in [0.717, 1.165) is 55.7 Å². The van der Waals surface area contributed by atoms with Crippen molar-refractivity contribution in [3.05, 3.63) is 40.9 Å². The van der Waals surface area contributed by atoms with Crippen molar-refractivity contribution in [1.29, 1.82) is 0 Å². The van der Waals surface area contributed by atoms with Crippen molar-refractivity contribution >= 4 is 28.1 Å². The van der Waals surface area contributed by atoms with Crippen LogP contribution in [0.2, 0.25) is 0 Å².